The summed E-state index contributed by atoms with van der Waals surface area (Å²) in [7, 11) is 5.73. The van der Waals surface area contributed by atoms with Crippen LogP contribution < -0.4 is 0 Å². The Hall–Kier alpha value is -1.03. The highest BCUT2D eigenvalue weighted by Crippen LogP contribution is 2.29. The molecule has 4 heteroatoms. The van der Waals surface area contributed by atoms with Crippen LogP contribution in [0, 0.1) is 0 Å². The monoisotopic (exact) mass is 198 g/mol. The number of aliphatic carboxylic acids is 1. The van der Waals surface area contributed by atoms with Crippen molar-refractivity contribution in [2.45, 2.75) is 18.9 Å². The van der Waals surface area contributed by atoms with E-state index in [1.165, 1.54) is 0 Å². The summed E-state index contributed by atoms with van der Waals surface area (Å²) in [4.78, 5) is 15.1. The fraction of sp³-hybridized carbons (Fsp3) is 0.700. The molecule has 0 aliphatic carbocycles. The molecule has 1 heterocycles. The van der Waals surface area contributed by atoms with Crippen LogP contribution in [0.1, 0.15) is 13.3 Å². The Balaban J connectivity index is 3.03. The van der Waals surface area contributed by atoms with Gasteiger partial charge in [-0.05, 0) is 19.5 Å². The minimum atomic E-state index is -0.806. The Kier molecular flexibility index (Phi) is 2.85. The molecule has 1 atom stereocenters. The van der Waals surface area contributed by atoms with Gasteiger partial charge in [-0.1, -0.05) is 6.92 Å². The molecule has 0 radical (unpaired) electrons. The van der Waals surface area contributed by atoms with Crippen LogP contribution in [0.5, 0.6) is 0 Å². The number of hydrogen-bond donors (Lipinski definition) is 1. The van der Waals surface area contributed by atoms with Crippen molar-refractivity contribution in [2.75, 3.05) is 27.7 Å². The first kappa shape index (κ1) is 11.0. The van der Waals surface area contributed by atoms with E-state index in [0.29, 0.717) is 13.0 Å². The Bertz CT molecular complexity index is 273. The zero-order valence-electron chi connectivity index (χ0n) is 9.24. The smallest absolute Gasteiger partial charge is 0.328 e. The van der Waals surface area contributed by atoms with Crippen molar-refractivity contribution in [3.05, 3.63) is 11.8 Å². The van der Waals surface area contributed by atoms with E-state index in [9.17, 15) is 9.90 Å². The topological polar surface area (TPSA) is 43.8 Å². The molecule has 0 amide bonds. The third-order valence-corrected chi connectivity index (χ3v) is 2.97. The number of carboxylic acid groups (broad SMARTS) is 1. The lowest BCUT2D eigenvalue weighted by Crippen LogP contribution is -2.47. The quantitative estimate of drug-likeness (QED) is 0.721. The summed E-state index contributed by atoms with van der Waals surface area (Å²) in [5.74, 6) is -0.764. The molecular formula is C10H18N2O2. The Morgan fingerprint density at radius 2 is 2.29 bits per heavy atom. The van der Waals surface area contributed by atoms with Gasteiger partial charge in [0, 0.05) is 26.3 Å². The average molecular weight is 198 g/mol. The standard InChI is InChI=1S/C10H18N2O2/c1-5-10(9(13)14)6-8(11(2)3)7-12(10)4/h6H,5,7H2,1-4H3,(H,13,14). The summed E-state index contributed by atoms with van der Waals surface area (Å²) in [5.41, 5.74) is 0.260. The van der Waals surface area contributed by atoms with Crippen molar-refractivity contribution in [2.24, 2.45) is 0 Å². The van der Waals surface area contributed by atoms with Crippen molar-refractivity contribution < 1.29 is 9.90 Å². The van der Waals surface area contributed by atoms with Crippen LogP contribution >= 0.6 is 0 Å². The van der Waals surface area contributed by atoms with E-state index >= 15 is 0 Å². The molecule has 1 aliphatic rings. The van der Waals surface area contributed by atoms with Crippen LogP contribution in [0.4, 0.5) is 0 Å². The lowest BCUT2D eigenvalue weighted by Gasteiger charge is -2.29. The second-order valence-electron chi connectivity index (χ2n) is 3.97. The largest absolute Gasteiger partial charge is 0.480 e. The third kappa shape index (κ3) is 1.50. The van der Waals surface area contributed by atoms with Gasteiger partial charge in [-0.25, -0.2) is 4.79 Å². The van der Waals surface area contributed by atoms with E-state index in [0.717, 1.165) is 5.70 Å². The highest BCUT2D eigenvalue weighted by atomic mass is 16.4. The maximum atomic E-state index is 11.2. The van der Waals surface area contributed by atoms with Gasteiger partial charge in [-0.3, -0.25) is 4.90 Å². The molecule has 0 aromatic heterocycles. The molecule has 80 valence electrons. The fourth-order valence-electron chi connectivity index (χ4n) is 1.83. The summed E-state index contributed by atoms with van der Waals surface area (Å²) in [6.45, 7) is 2.60. The summed E-state index contributed by atoms with van der Waals surface area (Å²) in [6, 6.07) is 0. The van der Waals surface area contributed by atoms with Crippen LogP contribution in [-0.4, -0.2) is 54.1 Å². The lowest BCUT2D eigenvalue weighted by atomic mass is 9.96. The van der Waals surface area contributed by atoms with Gasteiger partial charge in [0.1, 0.15) is 5.54 Å². The molecule has 14 heavy (non-hydrogen) atoms. The Labute approximate surface area is 84.8 Å². The SMILES string of the molecule is CCC1(C(=O)O)C=C(N(C)C)CN1C. The first-order chi connectivity index (χ1) is 6.44. The van der Waals surface area contributed by atoms with Gasteiger partial charge in [-0.2, -0.15) is 0 Å². The minimum absolute atomic E-state index is 0.593. The van der Waals surface area contributed by atoms with Crippen molar-refractivity contribution in [1.82, 2.24) is 9.80 Å². The Morgan fingerprint density at radius 1 is 1.71 bits per heavy atom. The number of carbonyl (C=O) groups is 1. The molecule has 0 saturated heterocycles. The van der Waals surface area contributed by atoms with E-state index in [4.69, 9.17) is 0 Å². The molecule has 0 saturated carbocycles. The zero-order valence-corrected chi connectivity index (χ0v) is 9.24. The van der Waals surface area contributed by atoms with Crippen molar-refractivity contribution >= 4 is 5.97 Å². The van der Waals surface area contributed by atoms with E-state index in [-0.39, 0.29) is 0 Å². The van der Waals surface area contributed by atoms with Crippen molar-refractivity contribution in [3.63, 3.8) is 0 Å². The normalized spacial score (nSPS) is 27.6. The average Bonchev–Trinajstić information content (AvgIpc) is 2.44. The second kappa shape index (κ2) is 3.61. The van der Waals surface area contributed by atoms with Gasteiger partial charge in [0.2, 0.25) is 0 Å². The maximum Gasteiger partial charge on any atom is 0.328 e. The van der Waals surface area contributed by atoms with E-state index < -0.39 is 11.5 Å². The molecule has 0 bridgehead atoms. The van der Waals surface area contributed by atoms with Crippen molar-refractivity contribution in [3.8, 4) is 0 Å². The summed E-state index contributed by atoms with van der Waals surface area (Å²) >= 11 is 0. The zero-order chi connectivity index (χ0) is 10.9. The number of rotatable bonds is 3. The van der Waals surface area contributed by atoms with Gasteiger partial charge in [-0.15, -0.1) is 0 Å². The van der Waals surface area contributed by atoms with Crippen LogP contribution in [0.2, 0.25) is 0 Å². The van der Waals surface area contributed by atoms with E-state index in [1.54, 1.807) is 0 Å². The summed E-state index contributed by atoms with van der Waals surface area (Å²) in [5, 5.41) is 9.23. The van der Waals surface area contributed by atoms with E-state index in [2.05, 4.69) is 0 Å². The third-order valence-electron chi connectivity index (χ3n) is 2.97. The highest BCUT2D eigenvalue weighted by molar-refractivity contribution is 5.82. The number of likely N-dealkylation sites (N-methyl/N-ethyl adjacent to an activating group) is 2. The van der Waals surface area contributed by atoms with E-state index in [1.807, 2.05) is 43.9 Å². The molecular weight excluding hydrogens is 180 g/mol. The Morgan fingerprint density at radius 3 is 2.50 bits per heavy atom. The molecule has 1 unspecified atom stereocenters. The first-order valence-electron chi connectivity index (χ1n) is 4.77. The predicted octanol–water partition coefficient (Wildman–Crippen LogP) is 0.611. The molecule has 1 rings (SSSR count). The molecule has 0 spiro atoms. The van der Waals surface area contributed by atoms with Crippen molar-refractivity contribution in [1.29, 1.82) is 0 Å². The minimum Gasteiger partial charge on any atom is -0.480 e. The number of hydrogen-bond acceptors (Lipinski definition) is 3. The molecule has 0 aromatic carbocycles. The molecule has 1 aliphatic heterocycles. The van der Waals surface area contributed by atoms with Gasteiger partial charge >= 0.3 is 5.97 Å². The van der Waals surface area contributed by atoms with Gasteiger partial charge in [0.15, 0.2) is 0 Å². The number of carboxylic acids is 1. The fourth-order valence-corrected chi connectivity index (χ4v) is 1.83. The van der Waals surface area contributed by atoms with Crippen LogP contribution in [0.15, 0.2) is 11.8 Å². The van der Waals surface area contributed by atoms with Crippen LogP contribution in [0.3, 0.4) is 0 Å². The van der Waals surface area contributed by atoms with Gasteiger partial charge < -0.3 is 10.0 Å². The molecule has 0 aromatic rings. The second-order valence-corrected chi connectivity index (χ2v) is 3.97. The molecule has 0 fully saturated rings. The molecule has 1 N–H and O–H groups in total. The van der Waals surface area contributed by atoms with Gasteiger partial charge in [0.05, 0.1) is 0 Å². The number of nitrogens with zero attached hydrogens (tertiary/aromatic N) is 2. The first-order valence-corrected chi connectivity index (χ1v) is 4.77. The summed E-state index contributed by atoms with van der Waals surface area (Å²) < 4.78 is 0. The molecule has 4 nitrogen and oxygen atoms in total. The van der Waals surface area contributed by atoms with Crippen LogP contribution in [-0.2, 0) is 4.79 Å². The van der Waals surface area contributed by atoms with Gasteiger partial charge in [0.25, 0.3) is 0 Å². The highest BCUT2D eigenvalue weighted by Gasteiger charge is 2.43. The lowest BCUT2D eigenvalue weighted by molar-refractivity contribution is -0.146. The summed E-state index contributed by atoms with van der Waals surface area (Å²) in [6.07, 6.45) is 2.45. The maximum absolute atomic E-state index is 11.2. The van der Waals surface area contributed by atoms with Crippen LogP contribution in [0.25, 0.3) is 0 Å². The predicted molar refractivity (Wildman–Crippen MR) is 55.1 cm³/mol.